The van der Waals surface area contributed by atoms with E-state index in [0.717, 1.165) is 6.92 Å². The van der Waals surface area contributed by atoms with Gasteiger partial charge >= 0.3 is 23.9 Å². The SMILES string of the molecule is CC(=O)CC[C@H](C#Cc1ccccn1)CC(F)(F)C(F)(F)C(F)(F)C(F)(F)F. The largest absolute Gasteiger partial charge is 0.460 e. The summed E-state index contributed by atoms with van der Waals surface area (Å²) < 4.78 is 117. The van der Waals surface area contributed by atoms with Crippen molar-refractivity contribution < 1.29 is 44.3 Å². The van der Waals surface area contributed by atoms with E-state index in [4.69, 9.17) is 0 Å². The number of halogens is 9. The van der Waals surface area contributed by atoms with Gasteiger partial charge < -0.3 is 4.79 Å². The third kappa shape index (κ3) is 5.39. The van der Waals surface area contributed by atoms with Crippen LogP contribution in [0.3, 0.4) is 0 Å². The molecule has 1 heterocycles. The van der Waals surface area contributed by atoms with E-state index >= 15 is 0 Å². The average molecular weight is 419 g/mol. The van der Waals surface area contributed by atoms with E-state index in [0.29, 0.717) is 0 Å². The number of Topliss-reactive ketones (excluding diaryl/α,β-unsaturated/α-hetero) is 1. The number of carbonyl (C=O) groups excluding carboxylic acids is 1. The molecule has 0 fully saturated rings. The Morgan fingerprint density at radius 3 is 2.11 bits per heavy atom. The van der Waals surface area contributed by atoms with Gasteiger partial charge in [-0.2, -0.15) is 39.5 Å². The third-order valence-electron chi connectivity index (χ3n) is 3.63. The van der Waals surface area contributed by atoms with Crippen molar-refractivity contribution >= 4 is 5.78 Å². The minimum Gasteiger partial charge on any atom is -0.300 e. The van der Waals surface area contributed by atoms with Crippen molar-refractivity contribution in [2.75, 3.05) is 0 Å². The molecule has 0 aliphatic rings. The fourth-order valence-electron chi connectivity index (χ4n) is 2.06. The van der Waals surface area contributed by atoms with Crippen LogP contribution in [0.1, 0.15) is 31.9 Å². The zero-order valence-electron chi connectivity index (χ0n) is 14.3. The van der Waals surface area contributed by atoms with Crippen LogP contribution in [0.5, 0.6) is 0 Å². The lowest BCUT2D eigenvalue weighted by Gasteiger charge is -2.34. The maximum atomic E-state index is 13.8. The number of nitrogens with zero attached hydrogens (tertiary/aromatic N) is 1. The molecule has 0 radical (unpaired) electrons. The molecular formula is C17H14F9NO. The first-order chi connectivity index (χ1) is 12.6. The summed E-state index contributed by atoms with van der Waals surface area (Å²) in [6, 6.07) is 4.29. The van der Waals surface area contributed by atoms with Crippen LogP contribution in [-0.2, 0) is 4.79 Å². The van der Waals surface area contributed by atoms with E-state index in [9.17, 15) is 44.3 Å². The van der Waals surface area contributed by atoms with E-state index in [1.54, 1.807) is 0 Å². The van der Waals surface area contributed by atoms with Gasteiger partial charge in [-0.3, -0.25) is 0 Å². The number of hydrogen-bond donors (Lipinski definition) is 0. The van der Waals surface area contributed by atoms with Crippen LogP contribution in [0.25, 0.3) is 0 Å². The molecule has 0 unspecified atom stereocenters. The Kier molecular flexibility index (Phi) is 7.14. The second-order valence-corrected chi connectivity index (χ2v) is 5.98. The Morgan fingerprint density at radius 1 is 1.04 bits per heavy atom. The highest BCUT2D eigenvalue weighted by atomic mass is 19.4. The second kappa shape index (κ2) is 8.41. The van der Waals surface area contributed by atoms with Crippen LogP contribution >= 0.6 is 0 Å². The highest BCUT2D eigenvalue weighted by Gasteiger charge is 2.81. The van der Waals surface area contributed by atoms with Gasteiger partial charge in [0.05, 0.1) is 0 Å². The number of ketones is 1. The molecule has 1 aromatic rings. The molecule has 1 aromatic heterocycles. The van der Waals surface area contributed by atoms with Crippen LogP contribution in [0.15, 0.2) is 24.4 Å². The van der Waals surface area contributed by atoms with Crippen molar-refractivity contribution in [3.63, 3.8) is 0 Å². The van der Waals surface area contributed by atoms with Crippen molar-refractivity contribution in [3.05, 3.63) is 30.1 Å². The zero-order chi connectivity index (χ0) is 21.8. The Bertz CT molecular complexity index is 732. The minimum atomic E-state index is -6.96. The van der Waals surface area contributed by atoms with Gasteiger partial charge in [0.1, 0.15) is 11.5 Å². The number of carbonyl (C=O) groups is 1. The molecule has 0 aliphatic heterocycles. The van der Waals surface area contributed by atoms with E-state index in [2.05, 4.69) is 16.8 Å². The first kappa shape index (κ1) is 23.8. The predicted octanol–water partition coefficient (Wildman–Crippen LogP) is 5.28. The maximum Gasteiger partial charge on any atom is 0.460 e. The Morgan fingerprint density at radius 2 is 1.64 bits per heavy atom. The van der Waals surface area contributed by atoms with Gasteiger partial charge in [0.2, 0.25) is 0 Å². The quantitative estimate of drug-likeness (QED) is 0.445. The summed E-state index contributed by atoms with van der Waals surface area (Å²) in [5, 5.41) is 0. The third-order valence-corrected chi connectivity index (χ3v) is 3.63. The van der Waals surface area contributed by atoms with Crippen molar-refractivity contribution in [2.24, 2.45) is 5.92 Å². The van der Waals surface area contributed by atoms with Gasteiger partial charge in [-0.25, -0.2) is 4.98 Å². The molecule has 0 saturated heterocycles. The molecule has 0 spiro atoms. The van der Waals surface area contributed by atoms with E-state index in [1.807, 2.05) is 0 Å². The normalized spacial score (nSPS) is 14.2. The lowest BCUT2D eigenvalue weighted by Crippen LogP contribution is -2.61. The Balaban J connectivity index is 3.18. The van der Waals surface area contributed by atoms with Gasteiger partial charge in [-0.05, 0) is 31.4 Å². The van der Waals surface area contributed by atoms with Crippen molar-refractivity contribution in [3.8, 4) is 11.8 Å². The predicted molar refractivity (Wildman–Crippen MR) is 80.0 cm³/mol. The number of alkyl halides is 9. The number of hydrogen-bond acceptors (Lipinski definition) is 2. The summed E-state index contributed by atoms with van der Waals surface area (Å²) in [7, 11) is 0. The summed E-state index contributed by atoms with van der Waals surface area (Å²) in [5.74, 6) is -17.3. The minimum absolute atomic E-state index is 0.0334. The summed E-state index contributed by atoms with van der Waals surface area (Å²) in [4.78, 5) is 14.7. The maximum absolute atomic E-state index is 13.8. The molecule has 0 bridgehead atoms. The Hall–Kier alpha value is -2.25. The van der Waals surface area contributed by atoms with Crippen LogP contribution < -0.4 is 0 Å². The van der Waals surface area contributed by atoms with Crippen molar-refractivity contribution in [1.82, 2.24) is 4.98 Å². The molecule has 11 heteroatoms. The van der Waals surface area contributed by atoms with Crippen LogP contribution in [-0.4, -0.2) is 34.7 Å². The van der Waals surface area contributed by atoms with E-state index in [1.165, 1.54) is 24.4 Å². The van der Waals surface area contributed by atoms with Gasteiger partial charge in [-0.1, -0.05) is 12.0 Å². The van der Waals surface area contributed by atoms with Crippen LogP contribution in [0.2, 0.25) is 0 Å². The molecule has 1 atom stereocenters. The average Bonchev–Trinajstić information content (AvgIpc) is 2.56. The monoisotopic (exact) mass is 419 g/mol. The molecule has 0 saturated carbocycles. The first-order valence-corrected chi connectivity index (χ1v) is 7.74. The second-order valence-electron chi connectivity index (χ2n) is 5.98. The van der Waals surface area contributed by atoms with Gasteiger partial charge in [0.15, 0.2) is 0 Å². The molecule has 0 aromatic carbocycles. The number of pyridine rings is 1. The number of aromatic nitrogens is 1. The number of rotatable bonds is 7. The molecule has 0 N–H and O–H groups in total. The summed E-state index contributed by atoms with van der Waals surface area (Å²) in [5.41, 5.74) is 0.0334. The van der Waals surface area contributed by atoms with E-state index in [-0.39, 0.29) is 5.69 Å². The molecule has 1 rings (SSSR count). The molecule has 0 aliphatic carbocycles. The molecule has 0 amide bonds. The lowest BCUT2D eigenvalue weighted by atomic mass is 9.90. The van der Waals surface area contributed by atoms with Crippen molar-refractivity contribution in [1.29, 1.82) is 0 Å². The zero-order valence-corrected chi connectivity index (χ0v) is 14.3. The highest BCUT2D eigenvalue weighted by Crippen LogP contribution is 2.54. The van der Waals surface area contributed by atoms with Crippen LogP contribution in [0.4, 0.5) is 39.5 Å². The fourth-order valence-corrected chi connectivity index (χ4v) is 2.06. The summed E-state index contributed by atoms with van der Waals surface area (Å²) in [6.45, 7) is 1.06. The molecule has 2 nitrogen and oxygen atoms in total. The topological polar surface area (TPSA) is 30.0 Å². The van der Waals surface area contributed by atoms with Crippen molar-refractivity contribution in [2.45, 2.75) is 50.1 Å². The van der Waals surface area contributed by atoms with Crippen LogP contribution in [0, 0.1) is 17.8 Å². The first-order valence-electron chi connectivity index (χ1n) is 7.74. The molecule has 156 valence electrons. The van der Waals surface area contributed by atoms with Gasteiger partial charge in [0, 0.05) is 25.0 Å². The molecular weight excluding hydrogens is 405 g/mol. The summed E-state index contributed by atoms with van der Waals surface area (Å²) in [6.07, 6.45) is -8.63. The van der Waals surface area contributed by atoms with Gasteiger partial charge in [0.25, 0.3) is 0 Å². The summed E-state index contributed by atoms with van der Waals surface area (Å²) >= 11 is 0. The lowest BCUT2D eigenvalue weighted by molar-refractivity contribution is -0.397. The Labute approximate surface area is 154 Å². The van der Waals surface area contributed by atoms with Gasteiger partial charge in [-0.15, -0.1) is 0 Å². The van der Waals surface area contributed by atoms with E-state index < -0.39 is 54.9 Å². The standard InChI is InChI=1S/C17H14F9NO/c1-11(28)5-6-12(7-8-13-4-2-3-9-27-13)10-14(18,19)15(20,21)16(22,23)17(24,25)26/h2-4,9,12H,5-6,10H2,1H3/t12-/m1/s1. The highest BCUT2D eigenvalue weighted by molar-refractivity contribution is 5.75. The fraction of sp³-hybridized carbons (Fsp3) is 0.529. The smallest absolute Gasteiger partial charge is 0.300 e. The molecule has 28 heavy (non-hydrogen) atoms.